The van der Waals surface area contributed by atoms with Crippen LogP contribution in [-0.2, 0) is 16.1 Å². The monoisotopic (exact) mass is 437 g/mol. The van der Waals surface area contributed by atoms with E-state index < -0.39 is 29.1 Å². The molecular weight excluding hydrogens is 410 g/mol. The summed E-state index contributed by atoms with van der Waals surface area (Å²) in [6.45, 7) is 9.31. The predicted molar refractivity (Wildman–Crippen MR) is 115 cm³/mol. The Hall–Kier alpha value is -2.36. The SMILES string of the molecule is CC(C)(C)[C@H](NC(=O)n1c(=O)n(CCN2CCOCC2)c2cc(Cl)ccc21)C(N)=O. The Labute approximate surface area is 179 Å². The third kappa shape index (κ3) is 4.69. The van der Waals surface area contributed by atoms with Gasteiger partial charge in [-0.1, -0.05) is 32.4 Å². The van der Waals surface area contributed by atoms with Gasteiger partial charge in [0.2, 0.25) is 5.91 Å². The topological polar surface area (TPSA) is 112 Å². The van der Waals surface area contributed by atoms with Gasteiger partial charge in [0.25, 0.3) is 0 Å². The molecule has 30 heavy (non-hydrogen) atoms. The van der Waals surface area contributed by atoms with E-state index in [0.29, 0.717) is 42.4 Å². The molecule has 1 saturated heterocycles. The lowest BCUT2D eigenvalue weighted by Crippen LogP contribution is -2.54. The minimum Gasteiger partial charge on any atom is -0.379 e. The van der Waals surface area contributed by atoms with Crippen LogP contribution in [-0.4, -0.2) is 64.9 Å². The molecule has 1 aromatic carbocycles. The zero-order valence-corrected chi connectivity index (χ0v) is 18.2. The van der Waals surface area contributed by atoms with Gasteiger partial charge in [-0.2, -0.15) is 0 Å². The molecule has 3 rings (SSSR count). The summed E-state index contributed by atoms with van der Waals surface area (Å²) in [5, 5.41) is 3.08. The van der Waals surface area contributed by atoms with Crippen molar-refractivity contribution in [2.24, 2.45) is 11.1 Å². The van der Waals surface area contributed by atoms with Gasteiger partial charge in [0.1, 0.15) is 6.04 Å². The molecule has 1 aromatic heterocycles. The Morgan fingerprint density at radius 3 is 2.47 bits per heavy atom. The van der Waals surface area contributed by atoms with E-state index in [0.717, 1.165) is 17.7 Å². The van der Waals surface area contributed by atoms with Gasteiger partial charge in [-0.25, -0.2) is 14.2 Å². The standard InChI is InChI=1S/C20H28ClN5O4/c1-20(2,3)16(17(22)27)23-18(28)26-14-5-4-13(21)12-15(14)25(19(26)29)7-6-24-8-10-30-11-9-24/h4-5,12,16H,6-11H2,1-3H3,(H2,22,27)(H,23,28)/t16-/m1/s1. The van der Waals surface area contributed by atoms with Gasteiger partial charge in [-0.15, -0.1) is 0 Å². The minimum absolute atomic E-state index is 0.397. The molecular formula is C20H28ClN5O4. The van der Waals surface area contributed by atoms with E-state index in [1.165, 1.54) is 4.57 Å². The van der Waals surface area contributed by atoms with Gasteiger partial charge in [0.15, 0.2) is 0 Å². The molecule has 0 bridgehead atoms. The first-order chi connectivity index (χ1) is 14.1. The van der Waals surface area contributed by atoms with Crippen molar-refractivity contribution < 1.29 is 14.3 Å². The number of halogens is 1. The van der Waals surface area contributed by atoms with Crippen LogP contribution in [0.15, 0.2) is 23.0 Å². The van der Waals surface area contributed by atoms with E-state index in [-0.39, 0.29) is 0 Å². The molecule has 0 aliphatic carbocycles. The number of amides is 2. The Kier molecular flexibility index (Phi) is 6.54. The summed E-state index contributed by atoms with van der Waals surface area (Å²) in [5.41, 5.74) is 5.35. The summed E-state index contributed by atoms with van der Waals surface area (Å²) in [4.78, 5) is 40.3. The number of carbonyl (C=O) groups is 2. The molecule has 0 unspecified atom stereocenters. The fourth-order valence-electron chi connectivity index (χ4n) is 3.61. The second kappa shape index (κ2) is 8.79. The summed E-state index contributed by atoms with van der Waals surface area (Å²) >= 11 is 6.15. The second-order valence-corrected chi connectivity index (χ2v) is 8.94. The van der Waals surface area contributed by atoms with E-state index in [2.05, 4.69) is 10.2 Å². The number of morpholine rings is 1. The smallest absolute Gasteiger partial charge is 0.337 e. The van der Waals surface area contributed by atoms with Crippen LogP contribution in [0, 0.1) is 5.41 Å². The van der Waals surface area contributed by atoms with Crippen LogP contribution >= 0.6 is 11.6 Å². The molecule has 9 nitrogen and oxygen atoms in total. The van der Waals surface area contributed by atoms with E-state index in [9.17, 15) is 14.4 Å². The third-order valence-electron chi connectivity index (χ3n) is 5.26. The second-order valence-electron chi connectivity index (χ2n) is 8.51. The molecule has 3 N–H and O–H groups in total. The average Bonchev–Trinajstić information content (AvgIpc) is 2.94. The number of nitrogens with one attached hydrogen (secondary N) is 1. The highest BCUT2D eigenvalue weighted by Crippen LogP contribution is 2.21. The van der Waals surface area contributed by atoms with Crippen molar-refractivity contribution in [2.45, 2.75) is 33.4 Å². The number of ether oxygens (including phenoxy) is 1. The van der Waals surface area contributed by atoms with Crippen LogP contribution in [0.4, 0.5) is 4.79 Å². The molecule has 1 aliphatic heterocycles. The molecule has 2 amide bonds. The van der Waals surface area contributed by atoms with Gasteiger partial charge in [0.05, 0.1) is 24.2 Å². The highest BCUT2D eigenvalue weighted by Gasteiger charge is 2.32. The van der Waals surface area contributed by atoms with Crippen molar-refractivity contribution >= 4 is 34.6 Å². The number of primary amides is 1. The lowest BCUT2D eigenvalue weighted by molar-refractivity contribution is -0.122. The van der Waals surface area contributed by atoms with Gasteiger partial charge < -0.3 is 15.8 Å². The van der Waals surface area contributed by atoms with Crippen molar-refractivity contribution in [3.8, 4) is 0 Å². The number of nitrogens with two attached hydrogens (primary N) is 1. The maximum Gasteiger partial charge on any atom is 0.337 e. The van der Waals surface area contributed by atoms with Crippen molar-refractivity contribution in [1.29, 1.82) is 0 Å². The zero-order chi connectivity index (χ0) is 22.1. The van der Waals surface area contributed by atoms with Crippen LogP contribution in [0.25, 0.3) is 11.0 Å². The molecule has 164 valence electrons. The highest BCUT2D eigenvalue weighted by molar-refractivity contribution is 6.31. The van der Waals surface area contributed by atoms with E-state index in [1.54, 1.807) is 39.0 Å². The fraction of sp³-hybridized carbons (Fsp3) is 0.550. The number of imidazole rings is 1. The molecule has 1 aliphatic rings. The van der Waals surface area contributed by atoms with Crippen LogP contribution in [0.1, 0.15) is 20.8 Å². The van der Waals surface area contributed by atoms with E-state index >= 15 is 0 Å². The number of aromatic nitrogens is 2. The molecule has 0 saturated carbocycles. The number of benzene rings is 1. The summed E-state index contributed by atoms with van der Waals surface area (Å²) in [6.07, 6.45) is 0. The minimum atomic E-state index is -0.934. The number of nitrogens with zero attached hydrogens (tertiary/aromatic N) is 3. The quantitative estimate of drug-likeness (QED) is 0.731. The summed E-state index contributed by atoms with van der Waals surface area (Å²) in [5.74, 6) is -0.664. The van der Waals surface area contributed by atoms with Crippen molar-refractivity contribution in [3.05, 3.63) is 33.7 Å². The molecule has 1 fully saturated rings. The summed E-state index contributed by atoms with van der Waals surface area (Å²) in [6, 6.07) is 3.28. The Bertz CT molecular complexity index is 1000. The normalized spacial score (nSPS) is 16.5. The predicted octanol–water partition coefficient (Wildman–Crippen LogP) is 1.25. The first-order valence-corrected chi connectivity index (χ1v) is 10.3. The first-order valence-electron chi connectivity index (χ1n) is 9.90. The molecule has 0 radical (unpaired) electrons. The number of rotatable bonds is 5. The number of carbonyl (C=O) groups excluding carboxylic acids is 2. The van der Waals surface area contributed by atoms with Crippen molar-refractivity contribution in [1.82, 2.24) is 19.4 Å². The maximum absolute atomic E-state index is 13.2. The van der Waals surface area contributed by atoms with Crippen LogP contribution in [0.3, 0.4) is 0 Å². The summed E-state index contributed by atoms with van der Waals surface area (Å²) in [7, 11) is 0. The van der Waals surface area contributed by atoms with Gasteiger partial charge in [-0.05, 0) is 23.6 Å². The Morgan fingerprint density at radius 2 is 1.87 bits per heavy atom. The van der Waals surface area contributed by atoms with E-state index in [1.807, 2.05) is 0 Å². The number of fused-ring (bicyclic) bond motifs is 1. The van der Waals surface area contributed by atoms with Crippen LogP contribution < -0.4 is 16.7 Å². The number of hydrogen-bond acceptors (Lipinski definition) is 5. The molecule has 10 heteroatoms. The first kappa shape index (κ1) is 22.3. The lowest BCUT2D eigenvalue weighted by atomic mass is 9.86. The van der Waals surface area contributed by atoms with Crippen LogP contribution in [0.2, 0.25) is 5.02 Å². The van der Waals surface area contributed by atoms with Gasteiger partial charge >= 0.3 is 11.7 Å². The molecule has 2 heterocycles. The molecule has 2 aromatic rings. The molecule has 1 atom stereocenters. The maximum atomic E-state index is 13.2. The average molecular weight is 438 g/mol. The fourth-order valence-corrected chi connectivity index (χ4v) is 3.78. The van der Waals surface area contributed by atoms with Gasteiger partial charge in [-0.3, -0.25) is 14.3 Å². The number of hydrogen-bond donors (Lipinski definition) is 2. The van der Waals surface area contributed by atoms with Gasteiger partial charge in [0, 0.05) is 31.2 Å². The largest absolute Gasteiger partial charge is 0.379 e. The van der Waals surface area contributed by atoms with Crippen molar-refractivity contribution in [3.63, 3.8) is 0 Å². The lowest BCUT2D eigenvalue weighted by Gasteiger charge is -2.28. The Balaban J connectivity index is 1.96. The van der Waals surface area contributed by atoms with Crippen molar-refractivity contribution in [2.75, 3.05) is 32.8 Å². The summed E-state index contributed by atoms with van der Waals surface area (Å²) < 4.78 is 7.93. The van der Waals surface area contributed by atoms with E-state index in [4.69, 9.17) is 22.1 Å². The van der Waals surface area contributed by atoms with Crippen LogP contribution in [0.5, 0.6) is 0 Å². The highest BCUT2D eigenvalue weighted by atomic mass is 35.5. The third-order valence-corrected chi connectivity index (χ3v) is 5.49. The molecule has 0 spiro atoms. The zero-order valence-electron chi connectivity index (χ0n) is 17.5. The Morgan fingerprint density at radius 1 is 1.20 bits per heavy atom.